The van der Waals surface area contributed by atoms with Crippen LogP contribution in [-0.2, 0) is 14.8 Å². The number of ether oxygens (including phenoxy) is 2. The van der Waals surface area contributed by atoms with Crippen LogP contribution in [-0.4, -0.2) is 88.5 Å². The molecule has 1 amide bonds. The highest BCUT2D eigenvalue weighted by molar-refractivity contribution is 7.89. The molecule has 0 atom stereocenters. The summed E-state index contributed by atoms with van der Waals surface area (Å²) < 4.78 is 52.6. The molecule has 8 nitrogen and oxygen atoms in total. The van der Waals surface area contributed by atoms with Crippen molar-refractivity contribution in [1.82, 2.24) is 14.1 Å². The van der Waals surface area contributed by atoms with Gasteiger partial charge in [-0.2, -0.15) is 4.31 Å². The van der Waals surface area contributed by atoms with Crippen LogP contribution in [0.2, 0.25) is 0 Å². The molecule has 2 aromatic rings. The lowest BCUT2D eigenvalue weighted by atomic mass is 9.76. The predicted molar refractivity (Wildman–Crippen MR) is 134 cm³/mol. The van der Waals surface area contributed by atoms with Gasteiger partial charge in [0.15, 0.2) is 0 Å². The van der Waals surface area contributed by atoms with Gasteiger partial charge in [0.25, 0.3) is 0 Å². The van der Waals surface area contributed by atoms with Crippen LogP contribution in [0.1, 0.15) is 19.3 Å². The monoisotopic (exact) mass is 519 g/mol. The van der Waals surface area contributed by atoms with Gasteiger partial charge in [-0.1, -0.05) is 6.07 Å². The molecule has 4 rings (SSSR count). The summed E-state index contributed by atoms with van der Waals surface area (Å²) in [6.45, 7) is 3.84. The Kier molecular flexibility index (Phi) is 8.17. The number of nitrogens with zero attached hydrogens (tertiary/aromatic N) is 3. The number of piperazine rings is 1. The summed E-state index contributed by atoms with van der Waals surface area (Å²) in [6, 6.07) is 12.2. The Hall–Kier alpha value is -2.69. The summed E-state index contributed by atoms with van der Waals surface area (Å²) >= 11 is 0. The van der Waals surface area contributed by atoms with E-state index in [1.807, 2.05) is 11.9 Å². The molecule has 0 unspecified atom stereocenters. The number of carbonyl (C=O) groups excluding carboxylic acids is 1. The lowest BCUT2D eigenvalue weighted by Crippen LogP contribution is -2.51. The second-order valence-electron chi connectivity index (χ2n) is 9.69. The van der Waals surface area contributed by atoms with E-state index in [2.05, 4.69) is 4.90 Å². The van der Waals surface area contributed by atoms with Crippen LogP contribution in [0.5, 0.6) is 11.5 Å². The molecule has 2 fully saturated rings. The van der Waals surface area contributed by atoms with E-state index < -0.39 is 15.4 Å². The van der Waals surface area contributed by atoms with Crippen molar-refractivity contribution in [2.24, 2.45) is 5.41 Å². The first-order valence-corrected chi connectivity index (χ1v) is 13.6. The second-order valence-corrected chi connectivity index (χ2v) is 11.6. The Morgan fingerprint density at radius 2 is 1.64 bits per heavy atom. The Labute approximate surface area is 212 Å². The summed E-state index contributed by atoms with van der Waals surface area (Å²) in [5, 5.41) is 0. The molecular formula is C26H34FN3O5S. The van der Waals surface area contributed by atoms with E-state index in [1.54, 1.807) is 30.3 Å². The van der Waals surface area contributed by atoms with Crippen molar-refractivity contribution < 1.29 is 27.1 Å². The molecular weight excluding hydrogens is 485 g/mol. The standard InChI is InChI=1S/C26H34FN3O5S/c1-28-14-16-29(17-15-28)25(31)19-26(20-35-22-8-6-21(27)7-9-22)10-12-30(13-11-26)36(32,33)24-5-3-4-23(18-24)34-2/h3-9,18H,10-17,19-20H2,1-2H3. The fourth-order valence-electron chi connectivity index (χ4n) is 4.74. The third-order valence-corrected chi connectivity index (χ3v) is 9.10. The molecule has 2 aliphatic heterocycles. The first-order chi connectivity index (χ1) is 17.2. The molecule has 0 N–H and O–H groups in total. The fourth-order valence-corrected chi connectivity index (χ4v) is 6.22. The highest BCUT2D eigenvalue weighted by Crippen LogP contribution is 2.38. The van der Waals surface area contributed by atoms with Gasteiger partial charge >= 0.3 is 0 Å². The van der Waals surface area contributed by atoms with Crippen LogP contribution >= 0.6 is 0 Å². The number of likely N-dealkylation sites (N-methyl/N-ethyl adjacent to an activating group) is 1. The van der Waals surface area contributed by atoms with E-state index in [0.29, 0.717) is 37.4 Å². The van der Waals surface area contributed by atoms with Gasteiger partial charge < -0.3 is 19.3 Å². The van der Waals surface area contributed by atoms with Gasteiger partial charge in [-0.3, -0.25) is 4.79 Å². The van der Waals surface area contributed by atoms with Gasteiger partial charge in [0, 0.05) is 57.2 Å². The Bertz CT molecular complexity index is 1140. The molecule has 0 radical (unpaired) electrons. The van der Waals surface area contributed by atoms with Crippen LogP contribution < -0.4 is 9.47 Å². The van der Waals surface area contributed by atoms with Gasteiger partial charge in [-0.15, -0.1) is 0 Å². The largest absolute Gasteiger partial charge is 0.497 e. The van der Waals surface area contributed by atoms with E-state index in [4.69, 9.17) is 9.47 Å². The maximum atomic E-state index is 13.3. The normalized spacial score (nSPS) is 19.1. The SMILES string of the molecule is COc1cccc(S(=O)(=O)N2CCC(COc3ccc(F)cc3)(CC(=O)N3CCN(C)CC3)CC2)c1. The second kappa shape index (κ2) is 11.1. The van der Waals surface area contributed by atoms with Crippen LogP contribution in [0.4, 0.5) is 4.39 Å². The number of rotatable bonds is 8. The molecule has 2 saturated heterocycles. The molecule has 10 heteroatoms. The number of amides is 1. The predicted octanol–water partition coefficient (Wildman–Crippen LogP) is 2.85. The van der Waals surface area contributed by atoms with Crippen LogP contribution in [0, 0.1) is 11.2 Å². The average molecular weight is 520 g/mol. The molecule has 196 valence electrons. The Morgan fingerprint density at radius 3 is 2.28 bits per heavy atom. The van der Waals surface area contributed by atoms with Crippen molar-refractivity contribution in [2.45, 2.75) is 24.2 Å². The van der Waals surface area contributed by atoms with Crippen molar-refractivity contribution in [3.05, 3.63) is 54.3 Å². The van der Waals surface area contributed by atoms with Gasteiger partial charge in [0.2, 0.25) is 15.9 Å². The quantitative estimate of drug-likeness (QED) is 0.534. The smallest absolute Gasteiger partial charge is 0.243 e. The number of benzene rings is 2. The topological polar surface area (TPSA) is 79.4 Å². The molecule has 0 bridgehead atoms. The summed E-state index contributed by atoms with van der Waals surface area (Å²) in [4.78, 5) is 17.5. The zero-order valence-corrected chi connectivity index (χ0v) is 21.7. The third-order valence-electron chi connectivity index (χ3n) is 7.20. The number of sulfonamides is 1. The summed E-state index contributed by atoms with van der Waals surface area (Å²) in [7, 11) is -0.162. The number of carbonyl (C=O) groups is 1. The van der Waals surface area contributed by atoms with Crippen molar-refractivity contribution in [1.29, 1.82) is 0 Å². The van der Waals surface area contributed by atoms with E-state index in [9.17, 15) is 17.6 Å². The Morgan fingerprint density at radius 1 is 0.972 bits per heavy atom. The van der Waals surface area contributed by atoms with Crippen LogP contribution in [0.25, 0.3) is 0 Å². The molecule has 36 heavy (non-hydrogen) atoms. The minimum atomic E-state index is -3.70. The number of piperidine rings is 1. The summed E-state index contributed by atoms with van der Waals surface area (Å²) in [5.41, 5.74) is -0.519. The van der Waals surface area contributed by atoms with Gasteiger partial charge in [0.05, 0.1) is 18.6 Å². The van der Waals surface area contributed by atoms with E-state index in [0.717, 1.165) is 13.1 Å². The highest BCUT2D eigenvalue weighted by atomic mass is 32.2. The van der Waals surface area contributed by atoms with Crippen molar-refractivity contribution in [3.63, 3.8) is 0 Å². The number of halogens is 1. The van der Waals surface area contributed by atoms with Gasteiger partial charge in [-0.25, -0.2) is 12.8 Å². The number of methoxy groups -OCH3 is 1. The van der Waals surface area contributed by atoms with E-state index >= 15 is 0 Å². The summed E-state index contributed by atoms with van der Waals surface area (Å²) in [5.74, 6) is 0.718. The van der Waals surface area contributed by atoms with Gasteiger partial charge in [-0.05, 0) is 56.3 Å². The lowest BCUT2D eigenvalue weighted by molar-refractivity contribution is -0.136. The maximum absolute atomic E-state index is 13.3. The maximum Gasteiger partial charge on any atom is 0.243 e. The Balaban J connectivity index is 1.48. The molecule has 0 aliphatic carbocycles. The van der Waals surface area contributed by atoms with E-state index in [-0.39, 0.29) is 42.7 Å². The summed E-state index contributed by atoms with van der Waals surface area (Å²) in [6.07, 6.45) is 1.25. The highest BCUT2D eigenvalue weighted by Gasteiger charge is 2.42. The zero-order chi connectivity index (χ0) is 25.8. The van der Waals surface area contributed by atoms with Gasteiger partial charge in [0.1, 0.15) is 17.3 Å². The first-order valence-electron chi connectivity index (χ1n) is 12.2. The molecule has 0 saturated carbocycles. The number of hydrogen-bond acceptors (Lipinski definition) is 6. The van der Waals surface area contributed by atoms with Crippen LogP contribution in [0.3, 0.4) is 0 Å². The number of hydrogen-bond donors (Lipinski definition) is 0. The minimum absolute atomic E-state index is 0.0647. The third kappa shape index (κ3) is 6.16. The molecule has 2 aliphatic rings. The first kappa shape index (κ1) is 26.4. The van der Waals surface area contributed by atoms with Crippen molar-refractivity contribution in [3.8, 4) is 11.5 Å². The van der Waals surface area contributed by atoms with E-state index in [1.165, 1.54) is 29.6 Å². The lowest BCUT2D eigenvalue weighted by Gasteiger charge is -2.42. The molecule has 0 aromatic heterocycles. The minimum Gasteiger partial charge on any atom is -0.497 e. The van der Waals surface area contributed by atoms with Crippen molar-refractivity contribution in [2.75, 3.05) is 60.0 Å². The average Bonchev–Trinajstić information content (AvgIpc) is 2.89. The van der Waals surface area contributed by atoms with Crippen LogP contribution in [0.15, 0.2) is 53.4 Å². The molecule has 0 spiro atoms. The fraction of sp³-hybridized carbons (Fsp3) is 0.500. The zero-order valence-electron chi connectivity index (χ0n) is 20.9. The molecule has 2 aromatic carbocycles. The van der Waals surface area contributed by atoms with Crippen molar-refractivity contribution >= 4 is 15.9 Å². The molecule has 2 heterocycles.